The van der Waals surface area contributed by atoms with Crippen molar-refractivity contribution in [2.75, 3.05) is 0 Å². The van der Waals surface area contributed by atoms with Crippen LogP contribution >= 0.6 is 15.9 Å². The zero-order valence-corrected chi connectivity index (χ0v) is 12.6. The minimum absolute atomic E-state index is 0.217. The van der Waals surface area contributed by atoms with E-state index in [0.29, 0.717) is 0 Å². The maximum Gasteiger partial charge on any atom is 0.125 e. The number of nitrogens with one attached hydrogen (secondary N) is 1. The summed E-state index contributed by atoms with van der Waals surface area (Å²) >= 11 is 3.52. The molecule has 0 saturated heterocycles. The fraction of sp³-hybridized carbons (Fsp3) is 0.417. The zero-order valence-electron chi connectivity index (χ0n) is 11.0. The number of rotatable bonds is 5. The Morgan fingerprint density at radius 2 is 2.32 bits per heavy atom. The highest BCUT2D eigenvalue weighted by molar-refractivity contribution is 9.10. The normalized spacial score (nSPS) is 12.6. The summed E-state index contributed by atoms with van der Waals surface area (Å²) in [6.45, 7) is 4.80. The van der Waals surface area contributed by atoms with Gasteiger partial charge < -0.3 is 0 Å². The van der Waals surface area contributed by atoms with E-state index in [9.17, 15) is 0 Å². The third kappa shape index (κ3) is 2.99. The molecule has 19 heavy (non-hydrogen) atoms. The minimum Gasteiger partial charge on any atom is -0.270 e. The van der Waals surface area contributed by atoms with E-state index in [-0.39, 0.29) is 6.04 Å². The summed E-state index contributed by atoms with van der Waals surface area (Å²) in [5.41, 5.74) is 4.61. The fourth-order valence-corrected chi connectivity index (χ4v) is 2.51. The van der Waals surface area contributed by atoms with Gasteiger partial charge in [0.2, 0.25) is 0 Å². The van der Waals surface area contributed by atoms with Crippen LogP contribution in [0, 0.1) is 6.92 Å². The van der Waals surface area contributed by atoms with Gasteiger partial charge in [-0.1, -0.05) is 6.92 Å². The maximum absolute atomic E-state index is 5.71. The van der Waals surface area contributed by atoms with Crippen molar-refractivity contribution in [2.45, 2.75) is 32.9 Å². The average Bonchev–Trinajstić information content (AvgIpc) is 2.74. The van der Waals surface area contributed by atoms with Crippen molar-refractivity contribution in [1.82, 2.24) is 25.2 Å². The van der Waals surface area contributed by atoms with E-state index in [1.165, 1.54) is 0 Å². The van der Waals surface area contributed by atoms with E-state index in [1.807, 2.05) is 17.7 Å². The maximum atomic E-state index is 5.71. The van der Waals surface area contributed by atoms with Gasteiger partial charge in [-0.05, 0) is 35.3 Å². The lowest BCUT2D eigenvalue weighted by Gasteiger charge is -2.18. The Balaban J connectivity index is 2.44. The van der Waals surface area contributed by atoms with Gasteiger partial charge >= 0.3 is 0 Å². The van der Waals surface area contributed by atoms with E-state index < -0.39 is 0 Å². The molecule has 1 unspecified atom stereocenters. The van der Waals surface area contributed by atoms with Crippen LogP contribution in [0.25, 0.3) is 0 Å². The van der Waals surface area contributed by atoms with Gasteiger partial charge in [0.15, 0.2) is 0 Å². The Morgan fingerprint density at radius 1 is 1.53 bits per heavy atom. The summed E-state index contributed by atoms with van der Waals surface area (Å²) in [7, 11) is 0. The molecule has 2 aromatic rings. The Bertz CT molecular complexity index is 553. The van der Waals surface area contributed by atoms with Gasteiger partial charge in [-0.2, -0.15) is 5.10 Å². The fourth-order valence-electron chi connectivity index (χ4n) is 1.99. The molecule has 0 radical (unpaired) electrons. The van der Waals surface area contributed by atoms with Crippen molar-refractivity contribution in [1.29, 1.82) is 0 Å². The molecule has 3 N–H and O–H groups in total. The second-order valence-electron chi connectivity index (χ2n) is 4.23. The topological polar surface area (TPSA) is 81.7 Å². The molecule has 0 fully saturated rings. The van der Waals surface area contributed by atoms with Crippen molar-refractivity contribution in [3.63, 3.8) is 0 Å². The van der Waals surface area contributed by atoms with E-state index in [2.05, 4.69) is 43.3 Å². The zero-order chi connectivity index (χ0) is 13.8. The summed E-state index contributed by atoms with van der Waals surface area (Å²) < 4.78 is 2.85. The second kappa shape index (κ2) is 6.23. The number of halogens is 1. The van der Waals surface area contributed by atoms with Crippen molar-refractivity contribution >= 4 is 15.9 Å². The van der Waals surface area contributed by atoms with Gasteiger partial charge in [-0.3, -0.25) is 10.5 Å². The van der Waals surface area contributed by atoms with E-state index >= 15 is 0 Å². The van der Waals surface area contributed by atoms with Gasteiger partial charge in [0.25, 0.3) is 0 Å². The Morgan fingerprint density at radius 3 is 2.95 bits per heavy atom. The molecule has 0 saturated carbocycles. The lowest BCUT2D eigenvalue weighted by atomic mass is 10.1. The Kier molecular flexibility index (Phi) is 4.62. The van der Waals surface area contributed by atoms with Crippen molar-refractivity contribution in [3.05, 3.63) is 40.1 Å². The van der Waals surface area contributed by atoms with Crippen LogP contribution in [0.2, 0.25) is 0 Å². The molecule has 2 aromatic heterocycles. The first kappa shape index (κ1) is 14.1. The third-order valence-electron chi connectivity index (χ3n) is 2.80. The highest BCUT2D eigenvalue weighted by atomic mass is 79.9. The summed E-state index contributed by atoms with van der Waals surface area (Å²) in [5, 5.41) is 4.35. The quantitative estimate of drug-likeness (QED) is 0.646. The second-order valence-corrected chi connectivity index (χ2v) is 5.08. The highest BCUT2D eigenvalue weighted by Gasteiger charge is 2.22. The van der Waals surface area contributed by atoms with Gasteiger partial charge in [0.05, 0.1) is 22.1 Å². The standard InChI is InChI=1S/C12H17BrN6/c1-3-6-19-12(9(13)7-16-19)11(18-14)10-4-5-15-8(2)17-10/h4-5,7,11,18H,3,6,14H2,1-2H3. The molecular weight excluding hydrogens is 308 g/mol. The third-order valence-corrected chi connectivity index (χ3v) is 3.41. The number of aryl methyl sites for hydroxylation is 2. The van der Waals surface area contributed by atoms with E-state index in [0.717, 1.165) is 34.7 Å². The van der Waals surface area contributed by atoms with Gasteiger partial charge in [0, 0.05) is 12.7 Å². The van der Waals surface area contributed by atoms with Gasteiger partial charge in [-0.15, -0.1) is 0 Å². The van der Waals surface area contributed by atoms with Crippen molar-refractivity contribution in [2.24, 2.45) is 5.84 Å². The van der Waals surface area contributed by atoms with Crippen LogP contribution in [-0.4, -0.2) is 19.7 Å². The molecule has 0 amide bonds. The van der Waals surface area contributed by atoms with Gasteiger partial charge in [0.1, 0.15) is 11.9 Å². The predicted molar refractivity (Wildman–Crippen MR) is 76.2 cm³/mol. The molecule has 0 aliphatic rings. The first-order valence-electron chi connectivity index (χ1n) is 6.14. The largest absolute Gasteiger partial charge is 0.270 e. The molecule has 7 heteroatoms. The van der Waals surface area contributed by atoms with Crippen LogP contribution < -0.4 is 11.3 Å². The first-order valence-corrected chi connectivity index (χ1v) is 6.93. The van der Waals surface area contributed by atoms with Crippen LogP contribution in [0.3, 0.4) is 0 Å². The molecule has 0 bridgehead atoms. The number of hydrazine groups is 1. The Hall–Kier alpha value is -1.31. The number of aromatic nitrogens is 4. The van der Waals surface area contributed by atoms with Crippen molar-refractivity contribution in [3.8, 4) is 0 Å². The molecule has 2 rings (SSSR count). The number of hydrogen-bond acceptors (Lipinski definition) is 5. The van der Waals surface area contributed by atoms with Crippen LogP contribution in [0.5, 0.6) is 0 Å². The molecule has 0 spiro atoms. The number of nitrogens with two attached hydrogens (primary N) is 1. The lowest BCUT2D eigenvalue weighted by molar-refractivity contribution is 0.512. The van der Waals surface area contributed by atoms with Crippen LogP contribution in [0.4, 0.5) is 0 Å². The lowest BCUT2D eigenvalue weighted by Crippen LogP contribution is -2.32. The molecule has 0 aliphatic carbocycles. The van der Waals surface area contributed by atoms with Crippen LogP contribution in [0.15, 0.2) is 22.9 Å². The number of nitrogens with zero attached hydrogens (tertiary/aromatic N) is 4. The van der Waals surface area contributed by atoms with Gasteiger partial charge in [-0.25, -0.2) is 15.4 Å². The summed E-state index contributed by atoms with van der Waals surface area (Å²) in [4.78, 5) is 8.53. The molecule has 0 aliphatic heterocycles. The first-order chi connectivity index (χ1) is 9.17. The number of hydrogen-bond donors (Lipinski definition) is 2. The molecule has 6 nitrogen and oxygen atoms in total. The van der Waals surface area contributed by atoms with Crippen LogP contribution in [-0.2, 0) is 6.54 Å². The summed E-state index contributed by atoms with van der Waals surface area (Å²) in [5.74, 6) is 6.43. The summed E-state index contributed by atoms with van der Waals surface area (Å²) in [6, 6.07) is 1.64. The highest BCUT2D eigenvalue weighted by Crippen LogP contribution is 2.27. The van der Waals surface area contributed by atoms with E-state index in [4.69, 9.17) is 5.84 Å². The smallest absolute Gasteiger partial charge is 0.125 e. The SMILES string of the molecule is CCCn1ncc(Br)c1C(NN)c1ccnc(C)n1. The minimum atomic E-state index is -0.217. The molecule has 1 atom stereocenters. The van der Waals surface area contributed by atoms with Crippen LogP contribution in [0.1, 0.15) is 36.6 Å². The molecule has 2 heterocycles. The Labute approximate surface area is 120 Å². The van der Waals surface area contributed by atoms with E-state index in [1.54, 1.807) is 12.4 Å². The molecular formula is C12H17BrN6. The average molecular weight is 325 g/mol. The monoisotopic (exact) mass is 324 g/mol. The predicted octanol–water partition coefficient (Wildman–Crippen LogP) is 1.71. The van der Waals surface area contributed by atoms with Crippen molar-refractivity contribution < 1.29 is 0 Å². The molecule has 0 aromatic carbocycles. The summed E-state index contributed by atoms with van der Waals surface area (Å²) in [6.07, 6.45) is 4.51. The molecule has 102 valence electrons.